The lowest BCUT2D eigenvalue weighted by atomic mass is 10.00. The van der Waals surface area contributed by atoms with Gasteiger partial charge in [-0.25, -0.2) is 0 Å². The number of hydrogen-bond acceptors (Lipinski definition) is 18. The molecule has 30 nitrogen and oxygen atoms in total. The molecule has 0 unspecified atom stereocenters. The van der Waals surface area contributed by atoms with Gasteiger partial charge in [-0.1, -0.05) is 70.9 Å². The first-order valence-electron chi connectivity index (χ1n) is 29.0. The van der Waals surface area contributed by atoms with Crippen molar-refractivity contribution in [2.75, 3.05) is 39.3 Å². The van der Waals surface area contributed by atoms with E-state index < -0.39 is 157 Å². The molecule has 23 N–H and O–H groups in total. The summed E-state index contributed by atoms with van der Waals surface area (Å²) in [5.41, 5.74) is 29.8. The maximum atomic E-state index is 14.5. The van der Waals surface area contributed by atoms with Gasteiger partial charge in [-0.15, -0.1) is 0 Å². The van der Waals surface area contributed by atoms with E-state index in [1.54, 1.807) is 44.2 Å². The molecule has 30 heteroatoms. The first kappa shape index (κ1) is 73.7. The van der Waals surface area contributed by atoms with E-state index in [-0.39, 0.29) is 90.0 Å². The summed E-state index contributed by atoms with van der Waals surface area (Å²) >= 11 is 0. The zero-order chi connectivity index (χ0) is 63.8. The number of aliphatic hydroxyl groups excluding tert-OH is 1. The topological polar surface area (TPSA) is 508 Å². The third kappa shape index (κ3) is 27.5. The number of aliphatic carboxylic acids is 1. The summed E-state index contributed by atoms with van der Waals surface area (Å²) in [5.74, 6) is -11.5. The first-order valence-corrected chi connectivity index (χ1v) is 29.0. The minimum atomic E-state index is -1.83. The van der Waals surface area contributed by atoms with Crippen molar-refractivity contribution in [2.45, 2.75) is 185 Å². The summed E-state index contributed by atoms with van der Waals surface area (Å²) in [6.07, 6.45) is -1.91. The van der Waals surface area contributed by atoms with Crippen LogP contribution in [0.15, 0.2) is 30.3 Å². The molecule has 1 aliphatic rings. The predicted octanol–water partition coefficient (Wildman–Crippen LogP) is -5.54. The van der Waals surface area contributed by atoms with Crippen molar-refractivity contribution in [3.05, 3.63) is 35.9 Å². The van der Waals surface area contributed by atoms with Gasteiger partial charge in [0.05, 0.1) is 12.5 Å². The fourth-order valence-electron chi connectivity index (χ4n) is 8.98. The monoisotopic (exact) mass is 1200 g/mol. The van der Waals surface area contributed by atoms with Gasteiger partial charge in [0.1, 0.15) is 60.4 Å². The normalized spacial score (nSPS) is 22.1. The number of aliphatic hydroxyl groups is 1. The highest BCUT2D eigenvalue weighted by molar-refractivity contribution is 5.99. The van der Waals surface area contributed by atoms with Crippen molar-refractivity contribution in [2.24, 2.45) is 40.5 Å². The van der Waals surface area contributed by atoms with Crippen LogP contribution < -0.4 is 87.2 Å². The summed E-state index contributed by atoms with van der Waals surface area (Å²) in [5, 5.41) is 48.3. The Morgan fingerprint density at radius 2 is 1.01 bits per heavy atom. The maximum absolute atomic E-state index is 14.5. The minimum Gasteiger partial charge on any atom is -0.481 e. The van der Waals surface area contributed by atoms with Crippen LogP contribution in [0.3, 0.4) is 0 Å². The van der Waals surface area contributed by atoms with Crippen molar-refractivity contribution < 1.29 is 67.7 Å². The molecule has 85 heavy (non-hydrogen) atoms. The third-order valence-corrected chi connectivity index (χ3v) is 13.6. The molecular formula is C55H94N16O14. The van der Waals surface area contributed by atoms with E-state index in [2.05, 4.69) is 58.5 Å². The zero-order valence-electron chi connectivity index (χ0n) is 49.5. The van der Waals surface area contributed by atoms with Crippen LogP contribution in [0.25, 0.3) is 0 Å². The van der Waals surface area contributed by atoms with Gasteiger partial charge < -0.3 is 97.4 Å². The van der Waals surface area contributed by atoms with Crippen LogP contribution >= 0.6 is 0 Å². The highest BCUT2D eigenvalue weighted by Crippen LogP contribution is 2.12. The van der Waals surface area contributed by atoms with Gasteiger partial charge in [0.25, 0.3) is 0 Å². The molecule has 1 fully saturated rings. The van der Waals surface area contributed by atoms with Crippen molar-refractivity contribution in [3.63, 3.8) is 0 Å². The molecule has 0 radical (unpaired) electrons. The quantitative estimate of drug-likeness (QED) is 0.0333. The number of carbonyl (C=O) groups excluding carboxylic acids is 11. The molecule has 0 aliphatic carbocycles. The van der Waals surface area contributed by atoms with Crippen LogP contribution in [0.4, 0.5) is 0 Å². The van der Waals surface area contributed by atoms with E-state index in [4.69, 9.17) is 28.7 Å². The van der Waals surface area contributed by atoms with Crippen molar-refractivity contribution in [3.8, 4) is 0 Å². The van der Waals surface area contributed by atoms with Gasteiger partial charge in [0.15, 0.2) is 0 Å². The molecule has 0 aromatic heterocycles. The lowest BCUT2D eigenvalue weighted by Crippen LogP contribution is -2.61. The molecule has 1 aliphatic heterocycles. The van der Waals surface area contributed by atoms with Gasteiger partial charge in [-0.2, -0.15) is 0 Å². The van der Waals surface area contributed by atoms with E-state index in [9.17, 15) is 67.7 Å². The Labute approximate surface area is 496 Å². The SMILES string of the molecule is CC(C)CCCCC(=O)N[C@@H](CCN)C(=O)N[C@@H](CC(=O)O)C(=O)N[C@@H](CCN)C(=O)N[C@H]1CCNC(=O)[C@H]([C@@H](C)O)NC(=O)[C@H](CCN)NC(=O)[C@H](CCN)NC(=O)[C@H](CC(C)C)NC(=O)[C@@H](Cc2ccccc2)NC(=O)[C@H](CCN)NC1=O. The fourth-order valence-corrected chi connectivity index (χ4v) is 8.98. The first-order chi connectivity index (χ1) is 40.3. The van der Waals surface area contributed by atoms with Gasteiger partial charge >= 0.3 is 5.97 Å². The molecule has 1 heterocycles. The molecule has 11 amide bonds. The zero-order valence-corrected chi connectivity index (χ0v) is 49.5. The lowest BCUT2D eigenvalue weighted by molar-refractivity contribution is -0.141. The van der Waals surface area contributed by atoms with Crippen LogP contribution in [0, 0.1) is 11.8 Å². The standard InChI is InChI=1S/C55H94N16O14/c1-30(2)11-9-10-14-43(73)62-34(15-21-56)46(76)70-42(29-44(74)75)54(84)66-36(17-23-58)48(78)67-39-20-26-61-55(85)45(32(5)72)71-51(81)38(19-25-60)64-47(77)35(16-22-57)65-52(82)40(27-31(3)4)68-53(83)41(28-33-12-7-6-8-13-33)69-49(79)37(18-24-59)63-50(39)80/h6-8,12-13,30-32,34-42,45,72H,9-11,14-29,56-60H2,1-5H3,(H,61,85)(H,62,73)(H,63,80)(H,64,77)(H,65,82)(H,66,84)(H,67,78)(H,68,83)(H,69,79)(H,70,76)(H,71,81)(H,74,75)/t32-,34+,35+,36+,37+,38+,39+,40+,41-,42+,45+/m1/s1. The molecule has 0 spiro atoms. The number of nitrogens with two attached hydrogens (primary N) is 5. The number of carboxylic acid groups (broad SMARTS) is 1. The van der Waals surface area contributed by atoms with E-state index in [1.807, 2.05) is 13.8 Å². The van der Waals surface area contributed by atoms with Crippen LogP contribution in [0.2, 0.25) is 0 Å². The van der Waals surface area contributed by atoms with Crippen LogP contribution in [0.1, 0.15) is 117 Å². The molecule has 2 rings (SSSR count). The van der Waals surface area contributed by atoms with E-state index in [0.29, 0.717) is 17.9 Å². The highest BCUT2D eigenvalue weighted by Gasteiger charge is 2.37. The number of carbonyl (C=O) groups is 12. The Balaban J connectivity index is 2.70. The Hall–Kier alpha value is -7.38. The molecule has 0 saturated carbocycles. The number of unbranched alkanes of at least 4 members (excludes halogenated alkanes) is 1. The number of nitrogens with one attached hydrogen (secondary N) is 11. The molecule has 1 saturated heterocycles. The number of rotatable bonds is 29. The summed E-state index contributed by atoms with van der Waals surface area (Å²) in [6, 6.07) is -6.73. The number of amides is 11. The van der Waals surface area contributed by atoms with Crippen molar-refractivity contribution >= 4 is 70.9 Å². The smallest absolute Gasteiger partial charge is 0.305 e. The second kappa shape index (κ2) is 39.3. The van der Waals surface area contributed by atoms with Crippen molar-refractivity contribution in [1.29, 1.82) is 0 Å². The second-order valence-electron chi connectivity index (χ2n) is 21.9. The average molecular weight is 1200 g/mol. The van der Waals surface area contributed by atoms with Gasteiger partial charge in [0.2, 0.25) is 65.0 Å². The fraction of sp³-hybridized carbons (Fsp3) is 0.673. The Kier molecular flexibility index (Phi) is 34.1. The summed E-state index contributed by atoms with van der Waals surface area (Å²) in [4.78, 5) is 166. The predicted molar refractivity (Wildman–Crippen MR) is 312 cm³/mol. The number of benzene rings is 1. The van der Waals surface area contributed by atoms with E-state index >= 15 is 0 Å². The van der Waals surface area contributed by atoms with Crippen LogP contribution in [-0.2, 0) is 64.0 Å². The van der Waals surface area contributed by atoms with Gasteiger partial charge in [-0.05, 0) is 108 Å². The van der Waals surface area contributed by atoms with E-state index in [0.717, 1.165) is 12.8 Å². The molecule has 0 bridgehead atoms. The Morgan fingerprint density at radius 1 is 0.541 bits per heavy atom. The van der Waals surface area contributed by atoms with Crippen LogP contribution in [-0.4, -0.2) is 187 Å². The van der Waals surface area contributed by atoms with E-state index in [1.165, 1.54) is 6.92 Å². The van der Waals surface area contributed by atoms with Gasteiger partial charge in [0, 0.05) is 19.4 Å². The largest absolute Gasteiger partial charge is 0.481 e. The Bertz CT molecular complexity index is 2370. The molecule has 11 atom stereocenters. The lowest BCUT2D eigenvalue weighted by Gasteiger charge is -2.28. The molecule has 478 valence electrons. The average Bonchev–Trinajstić information content (AvgIpc) is 3.65. The maximum Gasteiger partial charge on any atom is 0.305 e. The summed E-state index contributed by atoms with van der Waals surface area (Å²) < 4.78 is 0. The summed E-state index contributed by atoms with van der Waals surface area (Å²) in [6.45, 7) is 7.47. The number of hydrogen-bond donors (Lipinski definition) is 18. The molecular weight excluding hydrogens is 1110 g/mol. The summed E-state index contributed by atoms with van der Waals surface area (Å²) in [7, 11) is 0. The second-order valence-corrected chi connectivity index (χ2v) is 21.9. The molecule has 1 aromatic carbocycles. The van der Waals surface area contributed by atoms with Crippen LogP contribution in [0.5, 0.6) is 0 Å². The molecule has 1 aromatic rings. The number of carboxylic acids is 1. The highest BCUT2D eigenvalue weighted by atomic mass is 16.4. The Morgan fingerprint density at radius 3 is 1.52 bits per heavy atom. The minimum absolute atomic E-state index is 0.0330. The van der Waals surface area contributed by atoms with Gasteiger partial charge in [-0.3, -0.25) is 57.5 Å². The third-order valence-electron chi connectivity index (χ3n) is 13.6. The van der Waals surface area contributed by atoms with Crippen molar-refractivity contribution in [1.82, 2.24) is 58.5 Å².